The number of nitriles is 2. The SMILES string of the molecule is CCCN(CCC)S(=O)(=O)c1ccc(NN=C(C#N)C#N)cc1. The van der Waals surface area contributed by atoms with Crippen molar-refractivity contribution in [2.24, 2.45) is 5.10 Å². The summed E-state index contributed by atoms with van der Waals surface area (Å²) in [5.41, 5.74) is 2.72. The lowest BCUT2D eigenvalue weighted by Crippen LogP contribution is -2.32. The van der Waals surface area contributed by atoms with Gasteiger partial charge in [0.15, 0.2) is 0 Å². The molecule has 1 aromatic rings. The zero-order valence-corrected chi connectivity index (χ0v) is 14.0. The third-order valence-electron chi connectivity index (χ3n) is 2.95. The van der Waals surface area contributed by atoms with Crippen molar-refractivity contribution in [3.63, 3.8) is 0 Å². The molecule has 0 aliphatic heterocycles. The van der Waals surface area contributed by atoms with E-state index in [0.29, 0.717) is 18.8 Å². The van der Waals surface area contributed by atoms with E-state index < -0.39 is 10.0 Å². The molecule has 0 spiro atoms. The van der Waals surface area contributed by atoms with E-state index in [9.17, 15) is 8.42 Å². The van der Waals surface area contributed by atoms with Crippen LogP contribution in [0.4, 0.5) is 5.69 Å². The summed E-state index contributed by atoms with van der Waals surface area (Å²) in [4.78, 5) is 0.203. The zero-order valence-electron chi connectivity index (χ0n) is 13.2. The van der Waals surface area contributed by atoms with Gasteiger partial charge in [-0.1, -0.05) is 13.8 Å². The quantitative estimate of drug-likeness (QED) is 0.580. The molecular formula is C15H19N5O2S. The van der Waals surface area contributed by atoms with Gasteiger partial charge in [0.25, 0.3) is 0 Å². The van der Waals surface area contributed by atoms with E-state index in [2.05, 4.69) is 10.5 Å². The summed E-state index contributed by atoms with van der Waals surface area (Å²) in [6, 6.07) is 9.28. The fourth-order valence-corrected chi connectivity index (χ4v) is 3.52. The van der Waals surface area contributed by atoms with Crippen LogP contribution in [0, 0.1) is 22.7 Å². The van der Waals surface area contributed by atoms with Crippen LogP contribution in [-0.4, -0.2) is 31.5 Å². The summed E-state index contributed by atoms with van der Waals surface area (Å²) < 4.78 is 26.6. The van der Waals surface area contributed by atoms with Gasteiger partial charge in [-0.05, 0) is 37.1 Å². The number of hydrazone groups is 1. The number of sulfonamides is 1. The number of hydrogen-bond acceptors (Lipinski definition) is 6. The van der Waals surface area contributed by atoms with E-state index in [1.165, 1.54) is 16.4 Å². The Labute approximate surface area is 136 Å². The lowest BCUT2D eigenvalue weighted by molar-refractivity contribution is 0.410. The maximum atomic E-state index is 12.6. The Hall–Kier alpha value is -2.42. The van der Waals surface area contributed by atoms with E-state index in [1.807, 2.05) is 13.8 Å². The minimum absolute atomic E-state index is 0.203. The van der Waals surface area contributed by atoms with Crippen molar-refractivity contribution >= 4 is 21.4 Å². The maximum absolute atomic E-state index is 12.6. The van der Waals surface area contributed by atoms with Gasteiger partial charge in [0, 0.05) is 13.1 Å². The fraction of sp³-hybridized carbons (Fsp3) is 0.400. The smallest absolute Gasteiger partial charge is 0.243 e. The molecule has 0 heterocycles. The molecule has 0 fully saturated rings. The van der Waals surface area contributed by atoms with E-state index in [4.69, 9.17) is 10.5 Å². The number of nitrogens with zero attached hydrogens (tertiary/aromatic N) is 4. The Morgan fingerprint density at radius 1 is 1.13 bits per heavy atom. The van der Waals surface area contributed by atoms with Crippen LogP contribution in [0.25, 0.3) is 0 Å². The largest absolute Gasteiger partial charge is 0.277 e. The molecule has 0 radical (unpaired) electrons. The summed E-state index contributed by atoms with van der Waals surface area (Å²) in [7, 11) is -3.52. The highest BCUT2D eigenvalue weighted by atomic mass is 32.2. The third-order valence-corrected chi connectivity index (χ3v) is 4.86. The fourth-order valence-electron chi connectivity index (χ4n) is 1.90. The molecule has 1 N–H and O–H groups in total. The third kappa shape index (κ3) is 5.06. The van der Waals surface area contributed by atoms with E-state index >= 15 is 0 Å². The van der Waals surface area contributed by atoms with Crippen LogP contribution in [0.1, 0.15) is 26.7 Å². The molecule has 0 amide bonds. The predicted molar refractivity (Wildman–Crippen MR) is 88.1 cm³/mol. The minimum atomic E-state index is -3.52. The van der Waals surface area contributed by atoms with E-state index in [-0.39, 0.29) is 10.6 Å². The van der Waals surface area contributed by atoms with Gasteiger partial charge in [0.2, 0.25) is 15.7 Å². The molecule has 7 nitrogen and oxygen atoms in total. The molecule has 0 unspecified atom stereocenters. The molecule has 1 aromatic carbocycles. The number of nitrogens with one attached hydrogen (secondary N) is 1. The molecule has 0 aromatic heterocycles. The summed E-state index contributed by atoms with van der Waals surface area (Å²) in [5, 5.41) is 20.8. The second-order valence-corrected chi connectivity index (χ2v) is 6.66. The summed E-state index contributed by atoms with van der Waals surface area (Å²) in [6.07, 6.45) is 1.50. The second-order valence-electron chi connectivity index (χ2n) is 4.72. The van der Waals surface area contributed by atoms with Gasteiger partial charge in [-0.15, -0.1) is 0 Å². The van der Waals surface area contributed by atoms with Crippen LogP contribution in [0.3, 0.4) is 0 Å². The van der Waals surface area contributed by atoms with Crippen molar-refractivity contribution in [3.8, 4) is 12.1 Å². The minimum Gasteiger partial charge on any atom is -0.277 e. The van der Waals surface area contributed by atoms with Crippen molar-refractivity contribution < 1.29 is 8.42 Å². The van der Waals surface area contributed by atoms with Crippen LogP contribution in [0.5, 0.6) is 0 Å². The molecule has 122 valence electrons. The second kappa shape index (κ2) is 8.89. The van der Waals surface area contributed by atoms with Gasteiger partial charge in [0.05, 0.1) is 10.6 Å². The molecule has 0 aliphatic carbocycles. The van der Waals surface area contributed by atoms with Crippen LogP contribution in [-0.2, 0) is 10.0 Å². The zero-order chi connectivity index (χ0) is 17.3. The first-order chi connectivity index (χ1) is 11.0. The Balaban J connectivity index is 2.97. The van der Waals surface area contributed by atoms with Crippen LogP contribution < -0.4 is 5.43 Å². The average molecular weight is 333 g/mol. The standard InChI is InChI=1S/C15H19N5O2S/c1-3-9-20(10-4-2)23(21,22)15-7-5-13(6-8-15)18-19-14(11-16)12-17/h5-8,18H,3-4,9-10H2,1-2H3. The summed E-state index contributed by atoms with van der Waals surface area (Å²) in [5.74, 6) is 0. The van der Waals surface area contributed by atoms with Gasteiger partial charge < -0.3 is 0 Å². The van der Waals surface area contributed by atoms with Gasteiger partial charge in [-0.2, -0.15) is 19.9 Å². The van der Waals surface area contributed by atoms with E-state index in [0.717, 1.165) is 12.8 Å². The summed E-state index contributed by atoms with van der Waals surface area (Å²) in [6.45, 7) is 4.83. The van der Waals surface area contributed by atoms with Gasteiger partial charge in [-0.25, -0.2) is 8.42 Å². The number of hydrogen-bond donors (Lipinski definition) is 1. The Kier molecular flexibility index (Phi) is 7.20. The topological polar surface area (TPSA) is 109 Å². The molecule has 8 heteroatoms. The van der Waals surface area contributed by atoms with Crippen molar-refractivity contribution in [1.82, 2.24) is 4.31 Å². The van der Waals surface area contributed by atoms with Gasteiger partial charge in [-0.3, -0.25) is 5.43 Å². The first-order valence-electron chi connectivity index (χ1n) is 7.23. The number of anilines is 1. The Bertz CT molecular complexity index is 705. The highest BCUT2D eigenvalue weighted by molar-refractivity contribution is 7.89. The first kappa shape index (κ1) is 18.6. The van der Waals surface area contributed by atoms with E-state index in [1.54, 1.807) is 24.3 Å². The first-order valence-corrected chi connectivity index (χ1v) is 8.67. The van der Waals surface area contributed by atoms with Crippen LogP contribution >= 0.6 is 0 Å². The average Bonchev–Trinajstić information content (AvgIpc) is 2.56. The highest BCUT2D eigenvalue weighted by Gasteiger charge is 2.22. The van der Waals surface area contributed by atoms with Crippen molar-refractivity contribution in [2.45, 2.75) is 31.6 Å². The number of rotatable bonds is 8. The Morgan fingerprint density at radius 2 is 1.65 bits per heavy atom. The highest BCUT2D eigenvalue weighted by Crippen LogP contribution is 2.19. The molecule has 0 saturated carbocycles. The molecule has 23 heavy (non-hydrogen) atoms. The predicted octanol–water partition coefficient (Wildman–Crippen LogP) is 2.31. The molecule has 0 atom stereocenters. The lowest BCUT2D eigenvalue weighted by Gasteiger charge is -2.21. The van der Waals surface area contributed by atoms with Gasteiger partial charge >= 0.3 is 0 Å². The monoisotopic (exact) mass is 333 g/mol. The molecule has 0 aliphatic rings. The van der Waals surface area contributed by atoms with Crippen LogP contribution in [0.15, 0.2) is 34.3 Å². The normalized spacial score (nSPS) is 10.7. The number of benzene rings is 1. The molecule has 0 bridgehead atoms. The van der Waals surface area contributed by atoms with Crippen molar-refractivity contribution in [2.75, 3.05) is 18.5 Å². The van der Waals surface area contributed by atoms with Crippen molar-refractivity contribution in [1.29, 1.82) is 10.5 Å². The molecule has 0 saturated heterocycles. The molecular weight excluding hydrogens is 314 g/mol. The van der Waals surface area contributed by atoms with Gasteiger partial charge in [0.1, 0.15) is 12.1 Å². The maximum Gasteiger partial charge on any atom is 0.243 e. The lowest BCUT2D eigenvalue weighted by atomic mass is 10.3. The Morgan fingerprint density at radius 3 is 2.09 bits per heavy atom. The van der Waals surface area contributed by atoms with Crippen LogP contribution in [0.2, 0.25) is 0 Å². The van der Waals surface area contributed by atoms with Crippen molar-refractivity contribution in [3.05, 3.63) is 24.3 Å². The summed E-state index contributed by atoms with van der Waals surface area (Å²) >= 11 is 0. The molecule has 1 rings (SSSR count).